The van der Waals surface area contributed by atoms with E-state index in [1.165, 1.54) is 0 Å². The molecule has 3 heteroatoms. The molecular formula is C25H32ClNO. The summed E-state index contributed by atoms with van der Waals surface area (Å²) < 4.78 is 0. The molecule has 0 saturated carbocycles. The maximum absolute atomic E-state index is 12.1. The number of hydrogen-bond donors (Lipinski definition) is 0. The van der Waals surface area contributed by atoms with Gasteiger partial charge >= 0.3 is 0 Å². The van der Waals surface area contributed by atoms with Crippen LogP contribution < -0.4 is 0 Å². The van der Waals surface area contributed by atoms with Gasteiger partial charge in [0.2, 0.25) is 0 Å². The molecule has 0 spiro atoms. The molecule has 0 N–H and O–H groups in total. The third-order valence-electron chi connectivity index (χ3n) is 4.72. The second kappa shape index (κ2) is 11.6. The van der Waals surface area contributed by atoms with Crippen molar-refractivity contribution in [1.82, 2.24) is 4.98 Å². The minimum absolute atomic E-state index is 0.0986. The molecule has 0 aliphatic carbocycles. The molecule has 1 heterocycles. The predicted molar refractivity (Wildman–Crippen MR) is 123 cm³/mol. The Kier molecular flexibility index (Phi) is 9.89. The molecule has 0 amide bonds. The number of halogens is 1. The first kappa shape index (κ1) is 23.8. The summed E-state index contributed by atoms with van der Waals surface area (Å²) in [7, 11) is 0. The van der Waals surface area contributed by atoms with Crippen LogP contribution in [-0.2, 0) is 4.79 Å². The zero-order chi connectivity index (χ0) is 21.3. The van der Waals surface area contributed by atoms with E-state index in [0.29, 0.717) is 5.15 Å². The van der Waals surface area contributed by atoms with E-state index in [4.69, 9.17) is 11.6 Å². The second-order valence-corrected chi connectivity index (χ2v) is 7.29. The smallest absolute Gasteiger partial charge is 0.159 e. The highest BCUT2D eigenvalue weighted by molar-refractivity contribution is 6.29. The number of ketones is 1. The van der Waals surface area contributed by atoms with Gasteiger partial charge in [-0.3, -0.25) is 4.79 Å². The number of aryl methyl sites for hydroxylation is 1. The third kappa shape index (κ3) is 6.76. The standard InChI is InChI=1S/C25H32ClNO/c1-8-11-12-21(15-22-16-27-25(26)14-18(22)5)23(10-3)19(6)13-24(20(7)28)17(4)9-2/h10-16H,8-9H2,1-7H3/b12-11+,19-13-,21-15+,23-10+,24-17-. The summed E-state index contributed by atoms with van der Waals surface area (Å²) in [6.45, 7) is 13.9. The number of hydrogen-bond acceptors (Lipinski definition) is 2. The topological polar surface area (TPSA) is 30.0 Å². The molecular weight excluding hydrogens is 366 g/mol. The van der Waals surface area contributed by atoms with Crippen LogP contribution in [0.2, 0.25) is 5.15 Å². The van der Waals surface area contributed by atoms with Gasteiger partial charge in [-0.15, -0.1) is 0 Å². The van der Waals surface area contributed by atoms with E-state index in [-0.39, 0.29) is 5.78 Å². The Labute approximate surface area is 175 Å². The van der Waals surface area contributed by atoms with Gasteiger partial charge in [-0.2, -0.15) is 0 Å². The molecule has 28 heavy (non-hydrogen) atoms. The highest BCUT2D eigenvalue weighted by Crippen LogP contribution is 2.27. The molecule has 2 nitrogen and oxygen atoms in total. The van der Waals surface area contributed by atoms with Gasteiger partial charge in [0.25, 0.3) is 0 Å². The van der Waals surface area contributed by atoms with Crippen LogP contribution in [0.1, 0.15) is 65.5 Å². The molecule has 0 saturated heterocycles. The Morgan fingerprint density at radius 2 is 1.89 bits per heavy atom. The van der Waals surface area contributed by atoms with Crippen molar-refractivity contribution in [3.8, 4) is 0 Å². The number of pyridine rings is 1. The molecule has 0 radical (unpaired) electrons. The Morgan fingerprint density at radius 3 is 2.39 bits per heavy atom. The van der Waals surface area contributed by atoms with E-state index in [9.17, 15) is 4.79 Å². The van der Waals surface area contributed by atoms with E-state index >= 15 is 0 Å². The van der Waals surface area contributed by atoms with Crippen LogP contribution in [0.4, 0.5) is 0 Å². The van der Waals surface area contributed by atoms with E-state index in [1.54, 1.807) is 13.1 Å². The Balaban J connectivity index is 3.54. The van der Waals surface area contributed by atoms with Gasteiger partial charge in [0, 0.05) is 11.8 Å². The number of aromatic nitrogens is 1. The molecule has 0 fully saturated rings. The van der Waals surface area contributed by atoms with Crippen LogP contribution in [0.5, 0.6) is 0 Å². The SMILES string of the molecule is C/C=C(C(\C)=C/C(C(C)=O)=C(\C)CC)/C(/C=C/CC)=C/c1cnc(Cl)cc1C. The molecule has 1 aromatic heterocycles. The van der Waals surface area contributed by atoms with E-state index in [0.717, 1.165) is 51.8 Å². The third-order valence-corrected chi connectivity index (χ3v) is 4.92. The fourth-order valence-corrected chi connectivity index (χ4v) is 3.16. The first-order chi connectivity index (χ1) is 13.2. The minimum Gasteiger partial charge on any atom is -0.295 e. The normalized spacial score (nSPS) is 14.5. The monoisotopic (exact) mass is 397 g/mol. The van der Waals surface area contributed by atoms with Crippen LogP contribution in [0.15, 0.2) is 64.4 Å². The van der Waals surface area contributed by atoms with Gasteiger partial charge in [-0.25, -0.2) is 4.98 Å². The zero-order valence-corrected chi connectivity index (χ0v) is 18.9. The van der Waals surface area contributed by atoms with Crippen molar-refractivity contribution in [2.24, 2.45) is 0 Å². The number of rotatable bonds is 8. The minimum atomic E-state index is 0.0986. The Hall–Kier alpha value is -2.19. The maximum Gasteiger partial charge on any atom is 0.159 e. The average Bonchev–Trinajstić information content (AvgIpc) is 2.65. The molecule has 0 atom stereocenters. The number of allylic oxidation sites excluding steroid dienone is 9. The molecule has 0 aliphatic heterocycles. The van der Waals surface area contributed by atoms with Crippen molar-refractivity contribution in [3.63, 3.8) is 0 Å². The first-order valence-corrected chi connectivity index (χ1v) is 10.2. The summed E-state index contributed by atoms with van der Waals surface area (Å²) in [6.07, 6.45) is 14.1. The first-order valence-electron chi connectivity index (χ1n) is 9.81. The Morgan fingerprint density at radius 1 is 1.21 bits per heavy atom. The molecule has 0 unspecified atom stereocenters. The van der Waals surface area contributed by atoms with Crippen LogP contribution in [-0.4, -0.2) is 10.8 Å². The van der Waals surface area contributed by atoms with Crippen LogP contribution >= 0.6 is 11.6 Å². The summed E-state index contributed by atoms with van der Waals surface area (Å²) in [5, 5.41) is 0.494. The number of carbonyl (C=O) groups excluding carboxylic acids is 1. The predicted octanol–water partition coefficient (Wildman–Crippen LogP) is 7.60. The van der Waals surface area contributed by atoms with Gasteiger partial charge in [0.15, 0.2) is 5.78 Å². The van der Waals surface area contributed by atoms with E-state index in [1.807, 2.05) is 32.9 Å². The molecule has 1 rings (SSSR count). The van der Waals surface area contributed by atoms with Gasteiger partial charge in [0.1, 0.15) is 5.15 Å². The van der Waals surface area contributed by atoms with Crippen LogP contribution in [0, 0.1) is 6.92 Å². The van der Waals surface area contributed by atoms with E-state index in [2.05, 4.69) is 50.1 Å². The molecule has 1 aromatic rings. The van der Waals surface area contributed by atoms with Gasteiger partial charge in [-0.05, 0) is 93.5 Å². The summed E-state index contributed by atoms with van der Waals surface area (Å²) in [5.74, 6) is 0.0986. The van der Waals surface area contributed by atoms with Crippen molar-refractivity contribution in [3.05, 3.63) is 80.7 Å². The molecule has 0 aromatic carbocycles. The van der Waals surface area contributed by atoms with Crippen molar-refractivity contribution in [1.29, 1.82) is 0 Å². The fraction of sp³-hybridized carbons (Fsp3) is 0.360. The van der Waals surface area contributed by atoms with Crippen molar-refractivity contribution >= 4 is 23.5 Å². The summed E-state index contributed by atoms with van der Waals surface area (Å²) in [5.41, 5.74) is 7.25. The van der Waals surface area contributed by atoms with Gasteiger partial charge in [-0.1, -0.05) is 49.2 Å². The van der Waals surface area contributed by atoms with Crippen molar-refractivity contribution < 1.29 is 4.79 Å². The molecule has 150 valence electrons. The van der Waals surface area contributed by atoms with Crippen molar-refractivity contribution in [2.75, 3.05) is 0 Å². The molecule has 0 aliphatic rings. The summed E-state index contributed by atoms with van der Waals surface area (Å²) in [6, 6.07) is 1.87. The van der Waals surface area contributed by atoms with Gasteiger partial charge < -0.3 is 0 Å². The van der Waals surface area contributed by atoms with Crippen LogP contribution in [0.25, 0.3) is 6.08 Å². The van der Waals surface area contributed by atoms with E-state index < -0.39 is 0 Å². The summed E-state index contributed by atoms with van der Waals surface area (Å²) in [4.78, 5) is 16.3. The number of nitrogens with zero attached hydrogens (tertiary/aromatic N) is 1. The van der Waals surface area contributed by atoms with Gasteiger partial charge in [0.05, 0.1) is 0 Å². The molecule has 0 bridgehead atoms. The summed E-state index contributed by atoms with van der Waals surface area (Å²) >= 11 is 6.00. The lowest BCUT2D eigenvalue weighted by Gasteiger charge is -2.13. The number of Topliss-reactive ketones (excluding diaryl/α,β-unsaturated/α-hetero) is 1. The fourth-order valence-electron chi connectivity index (χ4n) is 2.94. The lowest BCUT2D eigenvalue weighted by molar-refractivity contribution is -0.113. The zero-order valence-electron chi connectivity index (χ0n) is 18.2. The van der Waals surface area contributed by atoms with Crippen molar-refractivity contribution in [2.45, 2.75) is 61.3 Å². The maximum atomic E-state index is 12.1. The lowest BCUT2D eigenvalue weighted by atomic mass is 9.92. The lowest BCUT2D eigenvalue weighted by Crippen LogP contribution is -2.00. The Bertz CT molecular complexity index is 867. The highest BCUT2D eigenvalue weighted by Gasteiger charge is 2.10. The quantitative estimate of drug-likeness (QED) is 0.256. The highest BCUT2D eigenvalue weighted by atomic mass is 35.5. The number of carbonyl (C=O) groups is 1. The van der Waals surface area contributed by atoms with Crippen LogP contribution in [0.3, 0.4) is 0 Å². The average molecular weight is 398 g/mol. The largest absolute Gasteiger partial charge is 0.295 e. The second-order valence-electron chi connectivity index (χ2n) is 6.91.